The highest BCUT2D eigenvalue weighted by Crippen LogP contribution is 2.36. The molecule has 0 spiro atoms. The van der Waals surface area contributed by atoms with Crippen LogP contribution in [-0.4, -0.2) is 37.6 Å². The van der Waals surface area contributed by atoms with Gasteiger partial charge in [-0.1, -0.05) is 0 Å². The Morgan fingerprint density at radius 3 is 2.68 bits per heavy atom. The molecule has 25 heavy (non-hydrogen) atoms. The van der Waals surface area contributed by atoms with E-state index < -0.39 is 0 Å². The molecular weight excluding hydrogens is 322 g/mol. The van der Waals surface area contributed by atoms with Crippen molar-refractivity contribution in [1.29, 1.82) is 0 Å². The van der Waals surface area contributed by atoms with Crippen LogP contribution in [0.25, 0.3) is 0 Å². The third-order valence-electron chi connectivity index (χ3n) is 5.14. The molecule has 2 fully saturated rings. The molecule has 136 valence electrons. The predicted octanol–water partition coefficient (Wildman–Crippen LogP) is 2.79. The van der Waals surface area contributed by atoms with E-state index in [-0.39, 0.29) is 30.9 Å². The number of nitrogens with one attached hydrogen (secondary N) is 1. The van der Waals surface area contributed by atoms with Gasteiger partial charge in [0.25, 0.3) is 0 Å². The Kier molecular flexibility index (Phi) is 4.97. The summed E-state index contributed by atoms with van der Waals surface area (Å²) in [6.07, 6.45) is 6.65. The number of benzene rings is 1. The maximum atomic E-state index is 12.3. The first kappa shape index (κ1) is 16.5. The standard InChI is InChI=1S/C19H25NO5/c21-19(17-3-1-2-10-22-17)20-13-4-6-14(7-5-13)25-15-8-9-16-18(11-15)24-12-23-16/h8-9,11,13-14,17H,1-7,10,12H2,(H,20,21). The highest BCUT2D eigenvalue weighted by Gasteiger charge is 2.28. The molecule has 1 aromatic rings. The van der Waals surface area contributed by atoms with Crippen molar-refractivity contribution in [1.82, 2.24) is 5.32 Å². The van der Waals surface area contributed by atoms with Crippen molar-refractivity contribution in [3.63, 3.8) is 0 Å². The van der Waals surface area contributed by atoms with E-state index in [1.807, 2.05) is 18.2 Å². The van der Waals surface area contributed by atoms with E-state index in [1.54, 1.807) is 0 Å². The summed E-state index contributed by atoms with van der Waals surface area (Å²) in [6.45, 7) is 0.975. The smallest absolute Gasteiger partial charge is 0.249 e. The molecule has 1 saturated heterocycles. The summed E-state index contributed by atoms with van der Waals surface area (Å²) in [6, 6.07) is 5.92. The number of carbonyl (C=O) groups excluding carboxylic acids is 1. The lowest BCUT2D eigenvalue weighted by atomic mass is 9.92. The zero-order valence-corrected chi connectivity index (χ0v) is 14.4. The van der Waals surface area contributed by atoms with E-state index in [0.717, 1.165) is 62.2 Å². The highest BCUT2D eigenvalue weighted by atomic mass is 16.7. The van der Waals surface area contributed by atoms with Gasteiger partial charge in [-0.2, -0.15) is 0 Å². The van der Waals surface area contributed by atoms with E-state index in [0.29, 0.717) is 6.61 Å². The topological polar surface area (TPSA) is 66.0 Å². The minimum Gasteiger partial charge on any atom is -0.490 e. The zero-order chi connectivity index (χ0) is 17.1. The summed E-state index contributed by atoms with van der Waals surface area (Å²) in [5.41, 5.74) is 0. The Morgan fingerprint density at radius 2 is 1.88 bits per heavy atom. The molecule has 6 nitrogen and oxygen atoms in total. The average Bonchev–Trinajstić information content (AvgIpc) is 3.12. The molecule has 1 aliphatic carbocycles. The SMILES string of the molecule is O=C(NC1CCC(Oc2ccc3c(c2)OCO3)CC1)C1CCCCO1. The Morgan fingerprint density at radius 1 is 1.04 bits per heavy atom. The molecule has 2 aliphatic heterocycles. The number of hydrogen-bond donors (Lipinski definition) is 1. The van der Waals surface area contributed by atoms with Crippen LogP contribution in [0.2, 0.25) is 0 Å². The van der Waals surface area contributed by atoms with E-state index in [1.165, 1.54) is 0 Å². The lowest BCUT2D eigenvalue weighted by Crippen LogP contribution is -2.45. The number of hydrogen-bond acceptors (Lipinski definition) is 5. The zero-order valence-electron chi connectivity index (χ0n) is 14.4. The van der Waals surface area contributed by atoms with Gasteiger partial charge in [-0.25, -0.2) is 0 Å². The maximum Gasteiger partial charge on any atom is 0.249 e. The van der Waals surface area contributed by atoms with Gasteiger partial charge >= 0.3 is 0 Å². The molecule has 0 aromatic heterocycles. The summed E-state index contributed by atoms with van der Waals surface area (Å²) in [4.78, 5) is 12.3. The first-order valence-electron chi connectivity index (χ1n) is 9.26. The predicted molar refractivity (Wildman–Crippen MR) is 91.0 cm³/mol. The second-order valence-corrected chi connectivity index (χ2v) is 6.97. The normalized spacial score (nSPS) is 28.4. The van der Waals surface area contributed by atoms with Crippen LogP contribution in [0.3, 0.4) is 0 Å². The van der Waals surface area contributed by atoms with E-state index >= 15 is 0 Å². The maximum absolute atomic E-state index is 12.3. The Hall–Kier alpha value is -1.95. The van der Waals surface area contributed by atoms with Crippen molar-refractivity contribution in [3.8, 4) is 17.2 Å². The summed E-state index contributed by atoms with van der Waals surface area (Å²) >= 11 is 0. The van der Waals surface area contributed by atoms with Crippen molar-refractivity contribution in [2.75, 3.05) is 13.4 Å². The van der Waals surface area contributed by atoms with E-state index in [2.05, 4.69) is 5.32 Å². The van der Waals surface area contributed by atoms with Crippen molar-refractivity contribution in [3.05, 3.63) is 18.2 Å². The molecular formula is C19H25NO5. The molecule has 1 amide bonds. The van der Waals surface area contributed by atoms with Crippen LogP contribution in [0.15, 0.2) is 18.2 Å². The minimum absolute atomic E-state index is 0.0554. The second kappa shape index (κ2) is 7.52. The highest BCUT2D eigenvalue weighted by molar-refractivity contribution is 5.81. The number of carbonyl (C=O) groups is 1. The van der Waals surface area contributed by atoms with Crippen molar-refractivity contribution < 1.29 is 23.7 Å². The summed E-state index contributed by atoms with van der Waals surface area (Å²) < 4.78 is 22.3. The molecule has 3 aliphatic rings. The van der Waals surface area contributed by atoms with Gasteiger partial charge in [-0.15, -0.1) is 0 Å². The van der Waals surface area contributed by atoms with Crippen LogP contribution in [0, 0.1) is 0 Å². The Bertz CT molecular complexity index is 606. The van der Waals surface area contributed by atoms with Crippen LogP contribution in [0.5, 0.6) is 17.2 Å². The van der Waals surface area contributed by atoms with Gasteiger partial charge in [-0.05, 0) is 57.1 Å². The summed E-state index contributed by atoms with van der Waals surface area (Å²) in [5.74, 6) is 2.38. The molecule has 1 N–H and O–H groups in total. The van der Waals surface area contributed by atoms with Gasteiger partial charge < -0.3 is 24.3 Å². The molecule has 1 saturated carbocycles. The largest absolute Gasteiger partial charge is 0.490 e. The van der Waals surface area contributed by atoms with E-state index in [9.17, 15) is 4.79 Å². The van der Waals surface area contributed by atoms with Gasteiger partial charge in [0.15, 0.2) is 11.5 Å². The van der Waals surface area contributed by atoms with Crippen LogP contribution >= 0.6 is 0 Å². The number of rotatable bonds is 4. The average molecular weight is 347 g/mol. The fourth-order valence-corrected chi connectivity index (χ4v) is 3.71. The van der Waals surface area contributed by atoms with Gasteiger partial charge in [0.2, 0.25) is 12.7 Å². The second-order valence-electron chi connectivity index (χ2n) is 6.97. The van der Waals surface area contributed by atoms with Crippen LogP contribution in [0.4, 0.5) is 0 Å². The monoisotopic (exact) mass is 347 g/mol. The van der Waals surface area contributed by atoms with Crippen LogP contribution in [-0.2, 0) is 9.53 Å². The molecule has 0 radical (unpaired) electrons. The quantitative estimate of drug-likeness (QED) is 0.907. The van der Waals surface area contributed by atoms with Crippen LogP contribution in [0.1, 0.15) is 44.9 Å². The molecule has 0 bridgehead atoms. The first-order valence-corrected chi connectivity index (χ1v) is 9.26. The van der Waals surface area contributed by atoms with Crippen molar-refractivity contribution in [2.45, 2.75) is 63.2 Å². The third-order valence-corrected chi connectivity index (χ3v) is 5.14. The lowest BCUT2D eigenvalue weighted by Gasteiger charge is -2.31. The van der Waals surface area contributed by atoms with Gasteiger partial charge in [0.1, 0.15) is 11.9 Å². The van der Waals surface area contributed by atoms with Gasteiger partial charge in [0.05, 0.1) is 6.10 Å². The Balaban J connectivity index is 1.23. The van der Waals surface area contributed by atoms with Crippen LogP contribution < -0.4 is 19.5 Å². The first-order chi connectivity index (χ1) is 12.3. The molecule has 1 aromatic carbocycles. The summed E-state index contributed by atoms with van der Waals surface area (Å²) in [5, 5.41) is 3.15. The molecule has 6 heteroatoms. The Labute approximate surface area is 147 Å². The number of ether oxygens (including phenoxy) is 4. The minimum atomic E-state index is -0.253. The molecule has 4 rings (SSSR count). The number of amides is 1. The van der Waals surface area contributed by atoms with Crippen molar-refractivity contribution in [2.24, 2.45) is 0 Å². The third kappa shape index (κ3) is 4.00. The van der Waals surface area contributed by atoms with Crippen molar-refractivity contribution >= 4 is 5.91 Å². The molecule has 1 atom stereocenters. The molecule has 1 unspecified atom stereocenters. The fourth-order valence-electron chi connectivity index (χ4n) is 3.71. The fraction of sp³-hybridized carbons (Fsp3) is 0.632. The van der Waals surface area contributed by atoms with E-state index in [4.69, 9.17) is 18.9 Å². The number of fused-ring (bicyclic) bond motifs is 1. The summed E-state index contributed by atoms with van der Waals surface area (Å²) in [7, 11) is 0. The molecule has 2 heterocycles. The van der Waals surface area contributed by atoms with Gasteiger partial charge in [0, 0.05) is 18.7 Å². The lowest BCUT2D eigenvalue weighted by molar-refractivity contribution is -0.136. The van der Waals surface area contributed by atoms with Gasteiger partial charge in [-0.3, -0.25) is 4.79 Å².